The first-order chi connectivity index (χ1) is 18.9. The van der Waals surface area contributed by atoms with Gasteiger partial charge in [0.15, 0.2) is 11.6 Å². The number of anilines is 1. The van der Waals surface area contributed by atoms with Crippen molar-refractivity contribution in [2.24, 2.45) is 5.73 Å². The number of primary amides is 1. The molecule has 1 spiro atoms. The number of para-hydroxylation sites is 1. The summed E-state index contributed by atoms with van der Waals surface area (Å²) in [6, 6.07) is 8.12. The summed E-state index contributed by atoms with van der Waals surface area (Å²) < 4.78 is 75.2. The van der Waals surface area contributed by atoms with Crippen molar-refractivity contribution in [1.82, 2.24) is 9.80 Å². The van der Waals surface area contributed by atoms with E-state index in [1.165, 1.54) is 17.0 Å². The summed E-state index contributed by atoms with van der Waals surface area (Å²) in [5, 5.41) is 0. The van der Waals surface area contributed by atoms with Gasteiger partial charge in [-0.2, -0.15) is 13.2 Å². The zero-order chi connectivity index (χ0) is 28.8. The Balaban J connectivity index is 1.51. The van der Waals surface area contributed by atoms with Crippen LogP contribution in [0.25, 0.3) is 0 Å². The van der Waals surface area contributed by atoms with E-state index in [0.717, 1.165) is 11.0 Å². The minimum Gasteiger partial charge on any atom is -0.437 e. The standard InChI is InChI=1S/C27H27F5N4O4/c28-19-6-3-4-17(22(19)29)16-8-9-21(23(37)35(14-16)15-27(30,31)32)36-20-7-2-1-5-18(20)26(40-25(36)39)10-12-34(13-11-26)24(33)38/h1-7,16,21H,8-15H2,(H2,33,38)/t16-,21-/m1/s1. The first kappa shape index (κ1) is 27.7. The van der Waals surface area contributed by atoms with Crippen molar-refractivity contribution < 1.29 is 41.1 Å². The summed E-state index contributed by atoms with van der Waals surface area (Å²) in [6.07, 6.45) is -5.30. The molecule has 0 aliphatic carbocycles. The van der Waals surface area contributed by atoms with Gasteiger partial charge in [0.1, 0.15) is 18.2 Å². The summed E-state index contributed by atoms with van der Waals surface area (Å²) in [6.45, 7) is -1.68. The third-order valence-electron chi connectivity index (χ3n) is 7.95. The van der Waals surface area contributed by atoms with Gasteiger partial charge in [0.25, 0.3) is 0 Å². The third-order valence-corrected chi connectivity index (χ3v) is 7.95. The van der Waals surface area contributed by atoms with Crippen LogP contribution >= 0.6 is 0 Å². The van der Waals surface area contributed by atoms with Gasteiger partial charge in [-0.25, -0.2) is 18.4 Å². The quantitative estimate of drug-likeness (QED) is 0.549. The van der Waals surface area contributed by atoms with Crippen molar-refractivity contribution in [1.29, 1.82) is 0 Å². The molecule has 2 atom stereocenters. The van der Waals surface area contributed by atoms with Crippen molar-refractivity contribution in [3.63, 3.8) is 0 Å². The first-order valence-corrected chi connectivity index (χ1v) is 12.9. The predicted octanol–water partition coefficient (Wildman–Crippen LogP) is 4.63. The Bertz CT molecular complexity index is 1330. The van der Waals surface area contributed by atoms with Crippen LogP contribution in [0.2, 0.25) is 0 Å². The van der Waals surface area contributed by atoms with Gasteiger partial charge in [0.2, 0.25) is 5.91 Å². The second-order valence-electron chi connectivity index (χ2n) is 10.3. The zero-order valence-electron chi connectivity index (χ0n) is 21.3. The van der Waals surface area contributed by atoms with Crippen molar-refractivity contribution in [2.45, 2.75) is 49.4 Å². The first-order valence-electron chi connectivity index (χ1n) is 12.9. The Hall–Kier alpha value is -3.90. The Kier molecular flexibility index (Phi) is 7.09. The molecule has 0 aromatic heterocycles. The molecular weight excluding hydrogens is 539 g/mol. The van der Waals surface area contributed by atoms with Crippen LogP contribution in [-0.4, -0.2) is 66.2 Å². The zero-order valence-corrected chi connectivity index (χ0v) is 21.3. The monoisotopic (exact) mass is 566 g/mol. The maximum atomic E-state index is 14.7. The summed E-state index contributed by atoms with van der Waals surface area (Å²) in [5.41, 5.74) is 5.02. The van der Waals surface area contributed by atoms with Gasteiger partial charge < -0.3 is 20.3 Å². The van der Waals surface area contributed by atoms with Gasteiger partial charge in [0, 0.05) is 44.0 Å². The minimum absolute atomic E-state index is 0.00972. The lowest BCUT2D eigenvalue weighted by atomic mass is 9.81. The van der Waals surface area contributed by atoms with Gasteiger partial charge in [-0.1, -0.05) is 30.3 Å². The van der Waals surface area contributed by atoms with Gasteiger partial charge >= 0.3 is 18.3 Å². The number of ether oxygens (including phenoxy) is 1. The van der Waals surface area contributed by atoms with E-state index < -0.39 is 66.5 Å². The number of fused-ring (bicyclic) bond motifs is 2. The van der Waals surface area contributed by atoms with Crippen molar-refractivity contribution in [2.75, 3.05) is 31.1 Å². The number of halogens is 5. The molecule has 2 saturated heterocycles. The number of carbonyl (C=O) groups excluding carboxylic acids is 3. The molecule has 2 aromatic rings. The Morgan fingerprint density at radius 1 is 1.02 bits per heavy atom. The number of benzene rings is 2. The number of amides is 4. The molecule has 0 radical (unpaired) electrons. The second kappa shape index (κ2) is 10.3. The number of alkyl halides is 3. The number of rotatable bonds is 3. The van der Waals surface area contributed by atoms with E-state index in [4.69, 9.17) is 10.5 Å². The number of hydrogen-bond acceptors (Lipinski definition) is 4. The highest BCUT2D eigenvalue weighted by Gasteiger charge is 2.51. The molecule has 214 valence electrons. The highest BCUT2D eigenvalue weighted by molar-refractivity contribution is 6.00. The topological polar surface area (TPSA) is 96.2 Å². The summed E-state index contributed by atoms with van der Waals surface area (Å²) in [4.78, 5) is 41.9. The highest BCUT2D eigenvalue weighted by atomic mass is 19.4. The molecule has 13 heteroatoms. The maximum Gasteiger partial charge on any atom is 0.415 e. The van der Waals surface area contributed by atoms with Crippen LogP contribution in [0.1, 0.15) is 42.7 Å². The molecule has 0 bridgehead atoms. The van der Waals surface area contributed by atoms with Gasteiger partial charge in [-0.05, 0) is 30.5 Å². The van der Waals surface area contributed by atoms with E-state index in [9.17, 15) is 36.3 Å². The molecule has 3 heterocycles. The summed E-state index contributed by atoms with van der Waals surface area (Å²) >= 11 is 0. The van der Waals surface area contributed by atoms with Crippen LogP contribution < -0.4 is 10.6 Å². The predicted molar refractivity (Wildman–Crippen MR) is 132 cm³/mol. The van der Waals surface area contributed by atoms with Crippen LogP contribution in [0.3, 0.4) is 0 Å². The van der Waals surface area contributed by atoms with Gasteiger partial charge in [-0.3, -0.25) is 9.69 Å². The van der Waals surface area contributed by atoms with Crippen LogP contribution in [0.5, 0.6) is 0 Å². The summed E-state index contributed by atoms with van der Waals surface area (Å²) in [5.74, 6) is -4.24. The van der Waals surface area contributed by atoms with Gasteiger partial charge in [0.05, 0.1) is 5.69 Å². The number of carbonyl (C=O) groups is 3. The lowest BCUT2D eigenvalue weighted by Crippen LogP contribution is -2.58. The van der Waals surface area contributed by atoms with Crippen LogP contribution in [0.15, 0.2) is 42.5 Å². The highest BCUT2D eigenvalue weighted by Crippen LogP contribution is 2.47. The van der Waals surface area contributed by atoms with E-state index in [-0.39, 0.29) is 44.3 Å². The molecule has 2 N–H and O–H groups in total. The average molecular weight is 567 g/mol. The number of hydrogen-bond donors (Lipinski definition) is 1. The van der Waals surface area contributed by atoms with E-state index >= 15 is 0 Å². The minimum atomic E-state index is -4.77. The number of piperidine rings is 1. The fraction of sp³-hybridized carbons (Fsp3) is 0.444. The lowest BCUT2D eigenvalue weighted by Gasteiger charge is -2.47. The normalized spacial score (nSPS) is 23.1. The number of likely N-dealkylation sites (tertiary alicyclic amines) is 2. The molecule has 2 fully saturated rings. The van der Waals surface area contributed by atoms with E-state index in [2.05, 4.69) is 0 Å². The molecule has 3 aliphatic heterocycles. The number of urea groups is 1. The van der Waals surface area contributed by atoms with Gasteiger partial charge in [-0.15, -0.1) is 0 Å². The third kappa shape index (κ3) is 5.04. The molecule has 8 nitrogen and oxygen atoms in total. The molecule has 2 aromatic carbocycles. The molecule has 0 saturated carbocycles. The second-order valence-corrected chi connectivity index (χ2v) is 10.3. The van der Waals surface area contributed by atoms with E-state index in [0.29, 0.717) is 16.2 Å². The lowest BCUT2D eigenvalue weighted by molar-refractivity contribution is -0.161. The molecule has 3 aliphatic rings. The van der Waals surface area contributed by atoms with Crippen molar-refractivity contribution in [3.8, 4) is 0 Å². The fourth-order valence-electron chi connectivity index (χ4n) is 6.02. The number of nitrogens with two attached hydrogens (primary N) is 1. The molecular formula is C27H27F5N4O4. The van der Waals surface area contributed by atoms with Crippen LogP contribution in [0.4, 0.5) is 37.2 Å². The van der Waals surface area contributed by atoms with Crippen molar-refractivity contribution in [3.05, 3.63) is 65.2 Å². The fourth-order valence-corrected chi connectivity index (χ4v) is 6.02. The van der Waals surface area contributed by atoms with Crippen molar-refractivity contribution >= 4 is 23.7 Å². The SMILES string of the molecule is NC(=O)N1CCC2(CC1)OC(=O)N([C@@H]1CC[C@@H](c3cccc(F)c3F)CN(CC(F)(F)F)C1=O)c1ccccc12. The molecule has 40 heavy (non-hydrogen) atoms. The molecule has 0 unspecified atom stereocenters. The summed E-state index contributed by atoms with van der Waals surface area (Å²) in [7, 11) is 0. The van der Waals surface area contributed by atoms with E-state index in [1.54, 1.807) is 24.3 Å². The largest absolute Gasteiger partial charge is 0.437 e. The van der Waals surface area contributed by atoms with Crippen LogP contribution in [0, 0.1) is 11.6 Å². The number of nitrogens with zero attached hydrogens (tertiary/aromatic N) is 3. The molecule has 5 rings (SSSR count). The maximum absolute atomic E-state index is 14.7. The molecule has 4 amide bonds. The smallest absolute Gasteiger partial charge is 0.415 e. The van der Waals surface area contributed by atoms with E-state index in [1.807, 2.05) is 0 Å². The Morgan fingerprint density at radius 3 is 2.40 bits per heavy atom. The Morgan fingerprint density at radius 2 is 1.73 bits per heavy atom. The van der Waals surface area contributed by atoms with Crippen LogP contribution in [-0.2, 0) is 15.1 Å². The average Bonchev–Trinajstić information content (AvgIpc) is 3.04. The Labute approximate surface area is 226 Å².